The summed E-state index contributed by atoms with van der Waals surface area (Å²) in [6, 6.07) is 23.4. The molecule has 7 heteroatoms. The van der Waals surface area contributed by atoms with E-state index in [0.717, 1.165) is 24.0 Å². The predicted octanol–water partition coefficient (Wildman–Crippen LogP) is 7.22. The second-order valence-corrected chi connectivity index (χ2v) is 13.2. The number of nitrogens with one attached hydrogen (secondary N) is 1. The second kappa shape index (κ2) is 12.0. The molecule has 0 bridgehead atoms. The molecule has 0 atom stereocenters. The Bertz CT molecular complexity index is 1650. The van der Waals surface area contributed by atoms with E-state index in [1.807, 2.05) is 41.3 Å². The van der Waals surface area contributed by atoms with Crippen LogP contribution in [-0.2, 0) is 10.2 Å². The number of hydrogen-bond donors (Lipinski definition) is 1. The van der Waals surface area contributed by atoms with Crippen LogP contribution in [0.15, 0.2) is 71.1 Å². The van der Waals surface area contributed by atoms with Crippen LogP contribution in [0, 0.1) is 16.7 Å². The van der Waals surface area contributed by atoms with Crippen molar-refractivity contribution in [3.05, 3.63) is 89.0 Å². The van der Waals surface area contributed by atoms with Crippen LogP contribution < -0.4 is 5.32 Å². The van der Waals surface area contributed by atoms with Crippen molar-refractivity contribution < 1.29 is 14.0 Å². The maximum absolute atomic E-state index is 13.3. The monoisotopic (exact) mass is 576 g/mol. The molecule has 0 aliphatic carbocycles. The van der Waals surface area contributed by atoms with Crippen LogP contribution in [0.5, 0.6) is 0 Å². The molecule has 5 rings (SSSR count). The Balaban J connectivity index is 1.30. The minimum atomic E-state index is -0.246. The molecule has 7 nitrogen and oxygen atoms in total. The van der Waals surface area contributed by atoms with E-state index in [9.17, 15) is 14.9 Å². The number of benzene rings is 3. The van der Waals surface area contributed by atoms with Gasteiger partial charge in [0.2, 0.25) is 11.8 Å². The summed E-state index contributed by atoms with van der Waals surface area (Å²) in [6.45, 7) is 12.2. The predicted molar refractivity (Wildman–Crippen MR) is 169 cm³/mol. The molecule has 3 aromatic carbocycles. The van der Waals surface area contributed by atoms with Gasteiger partial charge in [0.05, 0.1) is 11.6 Å². The molecule has 1 aromatic heterocycles. The highest BCUT2D eigenvalue weighted by atomic mass is 16.3. The van der Waals surface area contributed by atoms with Crippen molar-refractivity contribution >= 4 is 22.9 Å². The average molecular weight is 577 g/mol. The van der Waals surface area contributed by atoms with Crippen molar-refractivity contribution in [2.45, 2.75) is 65.2 Å². The zero-order valence-corrected chi connectivity index (χ0v) is 25.7. The van der Waals surface area contributed by atoms with E-state index in [4.69, 9.17) is 4.42 Å². The normalized spacial score (nSPS) is 15.0. The summed E-state index contributed by atoms with van der Waals surface area (Å²) in [5.74, 6) is 0.683. The molecule has 0 saturated carbocycles. The molecule has 2 amide bonds. The lowest BCUT2D eigenvalue weighted by Gasteiger charge is -2.43. The molecule has 4 aromatic rings. The molecule has 43 heavy (non-hydrogen) atoms. The molecule has 1 aliphatic heterocycles. The minimum Gasteiger partial charge on any atom is -0.436 e. The fourth-order valence-corrected chi connectivity index (χ4v) is 5.90. The number of carbonyl (C=O) groups is 2. The highest BCUT2D eigenvalue weighted by Gasteiger charge is 2.38. The first-order chi connectivity index (χ1) is 20.5. The zero-order chi connectivity index (χ0) is 30.8. The maximum atomic E-state index is 13.3. The van der Waals surface area contributed by atoms with E-state index >= 15 is 0 Å². The van der Waals surface area contributed by atoms with Crippen LogP contribution in [0.3, 0.4) is 0 Å². The number of oxazole rings is 1. The Morgan fingerprint density at radius 2 is 1.72 bits per heavy atom. The Hall–Kier alpha value is -4.44. The van der Waals surface area contributed by atoms with Crippen LogP contribution in [0.4, 0.5) is 0 Å². The number of fused-ring (bicyclic) bond motifs is 1. The van der Waals surface area contributed by atoms with Gasteiger partial charge in [-0.25, -0.2) is 4.98 Å². The van der Waals surface area contributed by atoms with E-state index < -0.39 is 0 Å². The van der Waals surface area contributed by atoms with Gasteiger partial charge in [0.25, 0.3) is 5.91 Å². The third-order valence-corrected chi connectivity index (χ3v) is 8.39. The van der Waals surface area contributed by atoms with Gasteiger partial charge in [0.15, 0.2) is 5.58 Å². The highest BCUT2D eigenvalue weighted by Crippen LogP contribution is 2.36. The van der Waals surface area contributed by atoms with Gasteiger partial charge in [0, 0.05) is 48.2 Å². The third-order valence-electron chi connectivity index (χ3n) is 8.39. The lowest BCUT2D eigenvalue weighted by atomic mass is 9.72. The molecular formula is C36H40N4O3. The van der Waals surface area contributed by atoms with Gasteiger partial charge < -0.3 is 14.6 Å². The van der Waals surface area contributed by atoms with Gasteiger partial charge in [-0.05, 0) is 66.1 Å². The second-order valence-electron chi connectivity index (χ2n) is 13.2. The van der Waals surface area contributed by atoms with Crippen LogP contribution in [0.1, 0.15) is 86.8 Å². The summed E-state index contributed by atoms with van der Waals surface area (Å²) in [5.41, 5.74) is 5.03. The minimum absolute atomic E-state index is 0.0486. The highest BCUT2D eigenvalue weighted by molar-refractivity contribution is 5.94. The fourth-order valence-electron chi connectivity index (χ4n) is 5.90. The number of aromatic nitrogens is 1. The number of carbonyl (C=O) groups excluding carboxylic acids is 2. The number of amides is 2. The fraction of sp³-hybridized carbons (Fsp3) is 0.389. The van der Waals surface area contributed by atoms with E-state index in [-0.39, 0.29) is 28.6 Å². The Morgan fingerprint density at radius 1 is 1.05 bits per heavy atom. The summed E-state index contributed by atoms with van der Waals surface area (Å²) < 4.78 is 6.14. The maximum Gasteiger partial charge on any atom is 0.251 e. The number of nitrogens with zero attached hydrogens (tertiary/aromatic N) is 3. The summed E-state index contributed by atoms with van der Waals surface area (Å²) in [6.07, 6.45) is 2.10. The molecule has 2 heterocycles. The first kappa shape index (κ1) is 30.0. The van der Waals surface area contributed by atoms with Gasteiger partial charge in [-0.3, -0.25) is 9.59 Å². The van der Waals surface area contributed by atoms with Crippen molar-refractivity contribution in [1.29, 1.82) is 5.26 Å². The Kier molecular flexibility index (Phi) is 8.41. The van der Waals surface area contributed by atoms with Gasteiger partial charge in [-0.2, -0.15) is 5.26 Å². The van der Waals surface area contributed by atoms with Crippen molar-refractivity contribution in [2.75, 3.05) is 19.6 Å². The van der Waals surface area contributed by atoms with Gasteiger partial charge in [-0.1, -0.05) is 65.0 Å². The van der Waals surface area contributed by atoms with Gasteiger partial charge in [0.1, 0.15) is 5.52 Å². The SMILES string of the molecule is CC(C)c1cc(C#N)cc2nc(-c3ccc(C(=O)NCC4(c5ccccc5)CCN(C(=O)CC(C)(C)C)CC4)cc3)oc12. The number of hydrogen-bond acceptors (Lipinski definition) is 5. The third kappa shape index (κ3) is 6.64. The molecule has 1 fully saturated rings. The standard InChI is InChI=1S/C36H40N4O3/c1-24(2)29-19-25(22-37)20-30-32(29)43-34(39-30)27-13-11-26(12-14-27)33(42)38-23-36(28-9-7-6-8-10-28)15-17-40(18-16-36)31(41)21-35(3,4)5/h6-14,19-20,24H,15-18,21,23H2,1-5H3,(H,38,42). The molecule has 1 saturated heterocycles. The van der Waals surface area contributed by atoms with Crippen molar-refractivity contribution in [3.8, 4) is 17.5 Å². The van der Waals surface area contributed by atoms with Crippen molar-refractivity contribution in [1.82, 2.24) is 15.2 Å². The van der Waals surface area contributed by atoms with Crippen molar-refractivity contribution in [2.24, 2.45) is 5.41 Å². The zero-order valence-electron chi connectivity index (χ0n) is 25.7. The topological polar surface area (TPSA) is 99.2 Å². The van der Waals surface area contributed by atoms with Crippen LogP contribution in [0.2, 0.25) is 0 Å². The lowest BCUT2D eigenvalue weighted by Crippen LogP contribution is -2.50. The van der Waals surface area contributed by atoms with E-state index in [1.165, 1.54) is 5.56 Å². The first-order valence-electron chi connectivity index (χ1n) is 15.0. The molecule has 222 valence electrons. The summed E-state index contributed by atoms with van der Waals surface area (Å²) in [5, 5.41) is 12.6. The number of piperidine rings is 1. The summed E-state index contributed by atoms with van der Waals surface area (Å²) in [4.78, 5) is 32.8. The van der Waals surface area contributed by atoms with Crippen LogP contribution in [0.25, 0.3) is 22.6 Å². The number of nitriles is 1. The van der Waals surface area contributed by atoms with E-state index in [2.05, 4.69) is 63.1 Å². The van der Waals surface area contributed by atoms with E-state index in [0.29, 0.717) is 54.2 Å². The average Bonchev–Trinajstić information content (AvgIpc) is 3.43. The van der Waals surface area contributed by atoms with Gasteiger partial charge in [-0.15, -0.1) is 0 Å². The van der Waals surface area contributed by atoms with Gasteiger partial charge >= 0.3 is 0 Å². The Labute approximate surface area is 253 Å². The first-order valence-corrected chi connectivity index (χ1v) is 15.0. The largest absolute Gasteiger partial charge is 0.436 e. The van der Waals surface area contributed by atoms with Crippen LogP contribution >= 0.6 is 0 Å². The molecule has 1 aliphatic rings. The molecule has 0 spiro atoms. The lowest BCUT2D eigenvalue weighted by molar-refractivity contribution is -0.134. The summed E-state index contributed by atoms with van der Waals surface area (Å²) in [7, 11) is 0. The summed E-state index contributed by atoms with van der Waals surface area (Å²) >= 11 is 0. The number of likely N-dealkylation sites (tertiary alicyclic amines) is 1. The van der Waals surface area contributed by atoms with Crippen LogP contribution in [-0.4, -0.2) is 41.3 Å². The molecule has 0 radical (unpaired) electrons. The number of rotatable bonds is 7. The quantitative estimate of drug-likeness (QED) is 0.250. The van der Waals surface area contributed by atoms with E-state index in [1.54, 1.807) is 18.2 Å². The molecule has 1 N–H and O–H groups in total. The molecule has 0 unspecified atom stereocenters. The van der Waals surface area contributed by atoms with Crippen molar-refractivity contribution in [3.63, 3.8) is 0 Å². The molecular weight excluding hydrogens is 536 g/mol. The Morgan fingerprint density at radius 3 is 2.33 bits per heavy atom. The smallest absolute Gasteiger partial charge is 0.251 e.